The Bertz CT molecular complexity index is 525. The summed E-state index contributed by atoms with van der Waals surface area (Å²) in [4.78, 5) is 0. The molecule has 1 aromatic carbocycles. The van der Waals surface area contributed by atoms with Crippen molar-refractivity contribution >= 4 is 10.0 Å². The van der Waals surface area contributed by atoms with Crippen molar-refractivity contribution in [3.63, 3.8) is 0 Å². The Morgan fingerprint density at radius 1 is 1.30 bits per heavy atom. The van der Waals surface area contributed by atoms with Crippen LogP contribution in [0.3, 0.4) is 0 Å². The van der Waals surface area contributed by atoms with Crippen LogP contribution >= 0.6 is 0 Å². The highest BCUT2D eigenvalue weighted by atomic mass is 32.2. The summed E-state index contributed by atoms with van der Waals surface area (Å²) in [5.74, 6) is 0.0629. The van der Waals surface area contributed by atoms with Crippen LogP contribution in [0, 0.1) is 11.7 Å². The van der Waals surface area contributed by atoms with Gasteiger partial charge in [-0.05, 0) is 56.5 Å². The van der Waals surface area contributed by atoms with E-state index in [1.54, 1.807) is 19.1 Å². The highest BCUT2D eigenvalue weighted by Crippen LogP contribution is 2.17. The Labute approximate surface area is 119 Å². The summed E-state index contributed by atoms with van der Waals surface area (Å²) in [6, 6.07) is 5.54. The van der Waals surface area contributed by atoms with Crippen molar-refractivity contribution in [1.82, 2.24) is 10.0 Å². The zero-order valence-electron chi connectivity index (χ0n) is 11.6. The van der Waals surface area contributed by atoms with Crippen LogP contribution in [0.1, 0.15) is 31.4 Å². The second kappa shape index (κ2) is 6.65. The SMILES string of the molecule is CC(NS(=O)(=O)CC1CCNCC1)c1ccc(F)cc1. The smallest absolute Gasteiger partial charge is 0.212 e. The van der Waals surface area contributed by atoms with Crippen molar-refractivity contribution in [2.24, 2.45) is 5.92 Å². The van der Waals surface area contributed by atoms with Crippen LogP contribution in [0.4, 0.5) is 4.39 Å². The maximum atomic E-state index is 12.9. The van der Waals surface area contributed by atoms with E-state index in [0.29, 0.717) is 0 Å². The maximum absolute atomic E-state index is 12.9. The van der Waals surface area contributed by atoms with Crippen molar-refractivity contribution in [2.75, 3.05) is 18.8 Å². The van der Waals surface area contributed by atoms with E-state index < -0.39 is 10.0 Å². The van der Waals surface area contributed by atoms with Crippen molar-refractivity contribution in [3.05, 3.63) is 35.6 Å². The molecule has 2 N–H and O–H groups in total. The predicted molar refractivity (Wildman–Crippen MR) is 77.3 cm³/mol. The number of rotatable bonds is 5. The third kappa shape index (κ3) is 4.54. The summed E-state index contributed by atoms with van der Waals surface area (Å²) in [6.45, 7) is 3.54. The number of nitrogens with one attached hydrogen (secondary N) is 2. The minimum absolute atomic E-state index is 0.167. The van der Waals surface area contributed by atoms with Gasteiger partial charge in [-0.15, -0.1) is 0 Å². The molecule has 1 fully saturated rings. The van der Waals surface area contributed by atoms with Crippen molar-refractivity contribution < 1.29 is 12.8 Å². The first-order valence-corrected chi connectivity index (χ1v) is 8.58. The number of piperidine rings is 1. The van der Waals surface area contributed by atoms with Crippen molar-refractivity contribution in [1.29, 1.82) is 0 Å². The van der Waals surface area contributed by atoms with Gasteiger partial charge in [-0.1, -0.05) is 12.1 Å². The topological polar surface area (TPSA) is 58.2 Å². The molecule has 1 aliphatic heterocycles. The van der Waals surface area contributed by atoms with Crippen molar-refractivity contribution in [3.8, 4) is 0 Å². The molecular formula is C14H21FN2O2S. The largest absolute Gasteiger partial charge is 0.317 e. The van der Waals surface area contributed by atoms with E-state index in [-0.39, 0.29) is 23.5 Å². The minimum atomic E-state index is -3.31. The van der Waals surface area contributed by atoms with E-state index in [1.165, 1.54) is 12.1 Å². The van der Waals surface area contributed by atoms with Crippen molar-refractivity contribution in [2.45, 2.75) is 25.8 Å². The Hall–Kier alpha value is -0.980. The quantitative estimate of drug-likeness (QED) is 0.872. The highest BCUT2D eigenvalue weighted by Gasteiger charge is 2.22. The fraction of sp³-hybridized carbons (Fsp3) is 0.571. The molecule has 1 aliphatic rings. The van der Waals surface area contributed by atoms with Gasteiger partial charge >= 0.3 is 0 Å². The number of hydrogen-bond donors (Lipinski definition) is 2. The molecular weight excluding hydrogens is 279 g/mol. The van der Waals surface area contributed by atoms with Gasteiger partial charge in [0.1, 0.15) is 5.82 Å². The molecule has 1 saturated heterocycles. The van der Waals surface area contributed by atoms with Gasteiger partial charge in [0, 0.05) is 6.04 Å². The van der Waals surface area contributed by atoms with E-state index in [2.05, 4.69) is 10.0 Å². The molecule has 1 heterocycles. The van der Waals surface area contributed by atoms with Gasteiger partial charge in [-0.2, -0.15) is 0 Å². The molecule has 0 bridgehead atoms. The normalized spacial score (nSPS) is 18.9. The lowest BCUT2D eigenvalue weighted by molar-refractivity contribution is 0.399. The average molecular weight is 300 g/mol. The fourth-order valence-corrected chi connectivity index (χ4v) is 4.22. The number of hydrogen-bond acceptors (Lipinski definition) is 3. The lowest BCUT2D eigenvalue weighted by atomic mass is 10.0. The van der Waals surface area contributed by atoms with E-state index >= 15 is 0 Å². The predicted octanol–water partition coefficient (Wildman–Crippen LogP) is 1.81. The van der Waals surface area contributed by atoms with Gasteiger partial charge in [0.05, 0.1) is 5.75 Å². The van der Waals surface area contributed by atoms with E-state index in [1.807, 2.05) is 0 Å². The Balaban J connectivity index is 1.94. The van der Waals surface area contributed by atoms with E-state index in [9.17, 15) is 12.8 Å². The molecule has 1 atom stereocenters. The molecule has 0 saturated carbocycles. The summed E-state index contributed by atoms with van der Waals surface area (Å²) in [5.41, 5.74) is 0.764. The second-order valence-corrected chi connectivity index (χ2v) is 7.16. The van der Waals surface area contributed by atoms with Gasteiger partial charge in [-0.25, -0.2) is 17.5 Å². The summed E-state index contributed by atoms with van der Waals surface area (Å²) in [5, 5.41) is 3.22. The summed E-state index contributed by atoms with van der Waals surface area (Å²) in [7, 11) is -3.31. The number of benzene rings is 1. The van der Waals surface area contributed by atoms with Gasteiger partial charge in [-0.3, -0.25) is 0 Å². The Morgan fingerprint density at radius 2 is 1.90 bits per heavy atom. The van der Waals surface area contributed by atoms with Crippen LogP contribution < -0.4 is 10.0 Å². The molecule has 112 valence electrons. The average Bonchev–Trinajstić information content (AvgIpc) is 2.39. The first-order valence-electron chi connectivity index (χ1n) is 6.92. The van der Waals surface area contributed by atoms with E-state index in [0.717, 1.165) is 31.5 Å². The number of halogens is 1. The molecule has 1 aromatic rings. The fourth-order valence-electron chi connectivity index (χ4n) is 2.50. The van der Waals surface area contributed by atoms with Gasteiger partial charge in [0.15, 0.2) is 0 Å². The maximum Gasteiger partial charge on any atom is 0.212 e. The van der Waals surface area contributed by atoms with Gasteiger partial charge < -0.3 is 5.32 Å². The number of sulfonamides is 1. The summed E-state index contributed by atoms with van der Waals surface area (Å²) < 4.78 is 39.8. The molecule has 0 spiro atoms. The van der Waals surface area contributed by atoms with Crippen LogP contribution in [0.5, 0.6) is 0 Å². The van der Waals surface area contributed by atoms with Crippen LogP contribution in [0.2, 0.25) is 0 Å². The molecule has 6 heteroatoms. The zero-order chi connectivity index (χ0) is 14.6. The lowest BCUT2D eigenvalue weighted by Crippen LogP contribution is -2.36. The monoisotopic (exact) mass is 300 g/mol. The molecule has 0 amide bonds. The summed E-state index contributed by atoms with van der Waals surface area (Å²) >= 11 is 0. The highest BCUT2D eigenvalue weighted by molar-refractivity contribution is 7.89. The molecule has 0 aromatic heterocycles. The molecule has 4 nitrogen and oxygen atoms in total. The first-order chi connectivity index (χ1) is 9.46. The minimum Gasteiger partial charge on any atom is -0.317 e. The molecule has 20 heavy (non-hydrogen) atoms. The lowest BCUT2D eigenvalue weighted by Gasteiger charge is -2.23. The van der Waals surface area contributed by atoms with E-state index in [4.69, 9.17) is 0 Å². The molecule has 1 unspecified atom stereocenters. The van der Waals surface area contributed by atoms with Crippen LogP contribution in [0.25, 0.3) is 0 Å². The van der Waals surface area contributed by atoms with Crippen LogP contribution in [-0.2, 0) is 10.0 Å². The third-order valence-electron chi connectivity index (χ3n) is 3.64. The molecule has 0 aliphatic carbocycles. The first kappa shape index (κ1) is 15.4. The standard InChI is InChI=1S/C14H21FN2O2S/c1-11(13-2-4-14(15)5-3-13)17-20(18,19)10-12-6-8-16-9-7-12/h2-5,11-12,16-17H,6-10H2,1H3. The van der Waals surface area contributed by atoms with Crippen LogP contribution in [-0.4, -0.2) is 27.3 Å². The second-order valence-electron chi connectivity index (χ2n) is 5.37. The Morgan fingerprint density at radius 3 is 2.50 bits per heavy atom. The Kier molecular flexibility index (Phi) is 5.12. The zero-order valence-corrected chi connectivity index (χ0v) is 12.4. The van der Waals surface area contributed by atoms with Gasteiger partial charge in [0.25, 0.3) is 0 Å². The third-order valence-corrected chi connectivity index (χ3v) is 5.26. The molecule has 0 radical (unpaired) electrons. The molecule has 2 rings (SSSR count). The van der Waals surface area contributed by atoms with Crippen LogP contribution in [0.15, 0.2) is 24.3 Å². The van der Waals surface area contributed by atoms with Gasteiger partial charge in [0.2, 0.25) is 10.0 Å². The summed E-state index contributed by atoms with van der Waals surface area (Å²) in [6.07, 6.45) is 1.79.